The number of benzene rings is 2. The van der Waals surface area contributed by atoms with Crippen LogP contribution in [0.5, 0.6) is 0 Å². The molecule has 0 aliphatic carbocycles. The molecule has 2 atom stereocenters. The fourth-order valence-electron chi connectivity index (χ4n) is 2.34. The van der Waals surface area contributed by atoms with Gasteiger partial charge in [-0.2, -0.15) is 0 Å². The standard InChI is InChI=1S/C20H22O/c1-5-17-9-7-11-19(13-17)15(3)21-16(4)20-12-8-10-18(6-2)14-20/h5-16H,1-2H2,3-4H3. The van der Waals surface area contributed by atoms with Gasteiger partial charge in [0, 0.05) is 0 Å². The van der Waals surface area contributed by atoms with Gasteiger partial charge in [0.15, 0.2) is 0 Å². The van der Waals surface area contributed by atoms with Gasteiger partial charge in [-0.3, -0.25) is 0 Å². The summed E-state index contributed by atoms with van der Waals surface area (Å²) in [4.78, 5) is 0. The quantitative estimate of drug-likeness (QED) is 0.647. The molecule has 2 unspecified atom stereocenters. The second kappa shape index (κ2) is 7.05. The van der Waals surface area contributed by atoms with Gasteiger partial charge < -0.3 is 4.74 Å². The molecule has 0 spiro atoms. The van der Waals surface area contributed by atoms with Crippen LogP contribution in [0.1, 0.15) is 48.3 Å². The van der Waals surface area contributed by atoms with E-state index in [0.717, 1.165) is 11.1 Å². The average Bonchev–Trinajstić information content (AvgIpc) is 2.54. The van der Waals surface area contributed by atoms with Gasteiger partial charge in [0.1, 0.15) is 0 Å². The van der Waals surface area contributed by atoms with Crippen LogP contribution in [-0.4, -0.2) is 0 Å². The van der Waals surface area contributed by atoms with E-state index in [0.29, 0.717) is 0 Å². The summed E-state index contributed by atoms with van der Waals surface area (Å²) in [5.74, 6) is 0. The van der Waals surface area contributed by atoms with E-state index in [1.54, 1.807) is 0 Å². The van der Waals surface area contributed by atoms with Crippen molar-refractivity contribution in [1.29, 1.82) is 0 Å². The van der Waals surface area contributed by atoms with Gasteiger partial charge in [-0.1, -0.05) is 61.7 Å². The lowest BCUT2D eigenvalue weighted by atomic mass is 10.0. The van der Waals surface area contributed by atoms with Crippen LogP contribution < -0.4 is 0 Å². The monoisotopic (exact) mass is 278 g/mol. The second-order valence-corrected chi connectivity index (χ2v) is 5.17. The molecule has 0 radical (unpaired) electrons. The van der Waals surface area contributed by atoms with Crippen molar-refractivity contribution in [3.8, 4) is 0 Å². The van der Waals surface area contributed by atoms with Crippen molar-refractivity contribution in [2.24, 2.45) is 0 Å². The molecule has 108 valence electrons. The highest BCUT2D eigenvalue weighted by molar-refractivity contribution is 5.49. The first-order valence-electron chi connectivity index (χ1n) is 7.24. The molecule has 2 aromatic carbocycles. The molecular formula is C20H22O. The van der Waals surface area contributed by atoms with Gasteiger partial charge in [-0.25, -0.2) is 0 Å². The Morgan fingerprint density at radius 2 is 1.24 bits per heavy atom. The van der Waals surface area contributed by atoms with Crippen molar-refractivity contribution in [2.45, 2.75) is 26.1 Å². The largest absolute Gasteiger partial charge is 0.366 e. The number of rotatable bonds is 6. The van der Waals surface area contributed by atoms with E-state index in [-0.39, 0.29) is 12.2 Å². The minimum atomic E-state index is 0.0345. The van der Waals surface area contributed by atoms with Crippen LogP contribution in [-0.2, 0) is 4.74 Å². The first-order chi connectivity index (χ1) is 10.1. The molecule has 1 nitrogen and oxygen atoms in total. The van der Waals surface area contributed by atoms with Crippen molar-refractivity contribution < 1.29 is 4.74 Å². The third-order valence-electron chi connectivity index (χ3n) is 3.64. The molecule has 2 aromatic rings. The zero-order valence-corrected chi connectivity index (χ0v) is 12.8. The van der Waals surface area contributed by atoms with E-state index in [4.69, 9.17) is 4.74 Å². The lowest BCUT2D eigenvalue weighted by Gasteiger charge is -2.20. The topological polar surface area (TPSA) is 9.23 Å². The van der Waals surface area contributed by atoms with Gasteiger partial charge in [-0.05, 0) is 48.2 Å². The Balaban J connectivity index is 2.12. The highest BCUT2D eigenvalue weighted by Crippen LogP contribution is 2.27. The molecule has 0 saturated heterocycles. The van der Waals surface area contributed by atoms with Crippen molar-refractivity contribution in [1.82, 2.24) is 0 Å². The van der Waals surface area contributed by atoms with E-state index in [1.807, 2.05) is 36.4 Å². The van der Waals surface area contributed by atoms with Crippen LogP contribution in [0.4, 0.5) is 0 Å². The van der Waals surface area contributed by atoms with Crippen LogP contribution in [0, 0.1) is 0 Å². The first-order valence-corrected chi connectivity index (χ1v) is 7.24. The third kappa shape index (κ3) is 3.93. The Morgan fingerprint density at radius 3 is 1.62 bits per heavy atom. The molecule has 0 aromatic heterocycles. The number of hydrogen-bond acceptors (Lipinski definition) is 1. The highest BCUT2D eigenvalue weighted by Gasteiger charge is 2.12. The Kier molecular flexibility index (Phi) is 5.13. The van der Waals surface area contributed by atoms with E-state index < -0.39 is 0 Å². The van der Waals surface area contributed by atoms with Gasteiger partial charge >= 0.3 is 0 Å². The zero-order chi connectivity index (χ0) is 15.2. The minimum absolute atomic E-state index is 0.0345. The van der Waals surface area contributed by atoms with Crippen LogP contribution in [0.3, 0.4) is 0 Å². The third-order valence-corrected chi connectivity index (χ3v) is 3.64. The van der Waals surface area contributed by atoms with E-state index >= 15 is 0 Å². The normalized spacial score (nSPS) is 13.4. The lowest BCUT2D eigenvalue weighted by Crippen LogP contribution is -2.05. The maximum Gasteiger partial charge on any atom is 0.0805 e. The Morgan fingerprint density at radius 1 is 0.810 bits per heavy atom. The molecule has 0 aliphatic rings. The minimum Gasteiger partial charge on any atom is -0.366 e. The number of hydrogen-bond donors (Lipinski definition) is 0. The average molecular weight is 278 g/mol. The second-order valence-electron chi connectivity index (χ2n) is 5.17. The maximum absolute atomic E-state index is 6.15. The summed E-state index contributed by atoms with van der Waals surface area (Å²) in [6.07, 6.45) is 3.78. The Labute approximate surface area is 127 Å². The van der Waals surface area contributed by atoms with E-state index in [9.17, 15) is 0 Å². The first kappa shape index (κ1) is 15.3. The van der Waals surface area contributed by atoms with Crippen LogP contribution in [0.2, 0.25) is 0 Å². The van der Waals surface area contributed by atoms with E-state index in [1.165, 1.54) is 11.1 Å². The molecule has 0 fully saturated rings. The van der Waals surface area contributed by atoms with Crippen LogP contribution in [0.15, 0.2) is 61.7 Å². The van der Waals surface area contributed by atoms with Crippen molar-refractivity contribution in [3.05, 3.63) is 83.9 Å². The molecule has 0 amide bonds. The van der Waals surface area contributed by atoms with Crippen molar-refractivity contribution in [3.63, 3.8) is 0 Å². The summed E-state index contributed by atoms with van der Waals surface area (Å²) < 4.78 is 6.15. The molecule has 0 saturated carbocycles. The molecule has 1 heteroatoms. The molecule has 21 heavy (non-hydrogen) atoms. The summed E-state index contributed by atoms with van der Waals surface area (Å²) >= 11 is 0. The van der Waals surface area contributed by atoms with Crippen LogP contribution in [0.25, 0.3) is 12.2 Å². The fourth-order valence-corrected chi connectivity index (χ4v) is 2.34. The predicted octanol–water partition coefficient (Wildman–Crippen LogP) is 5.81. The molecule has 0 N–H and O–H groups in total. The molecular weight excluding hydrogens is 256 g/mol. The Bertz CT molecular complexity index is 572. The van der Waals surface area contributed by atoms with Gasteiger partial charge in [0.25, 0.3) is 0 Å². The smallest absolute Gasteiger partial charge is 0.0805 e. The molecule has 0 bridgehead atoms. The molecule has 0 aliphatic heterocycles. The summed E-state index contributed by atoms with van der Waals surface area (Å²) in [7, 11) is 0. The fraction of sp³-hybridized carbons (Fsp3) is 0.200. The summed E-state index contributed by atoms with van der Waals surface area (Å²) in [5, 5.41) is 0. The summed E-state index contributed by atoms with van der Waals surface area (Å²) in [5.41, 5.74) is 4.56. The molecule has 0 heterocycles. The zero-order valence-electron chi connectivity index (χ0n) is 12.8. The number of ether oxygens (including phenoxy) is 1. The molecule has 2 rings (SSSR count). The van der Waals surface area contributed by atoms with Gasteiger partial charge in [-0.15, -0.1) is 0 Å². The summed E-state index contributed by atoms with van der Waals surface area (Å²) in [6, 6.07) is 16.6. The lowest BCUT2D eigenvalue weighted by molar-refractivity contribution is 0.00585. The summed E-state index contributed by atoms with van der Waals surface area (Å²) in [6.45, 7) is 11.8. The highest BCUT2D eigenvalue weighted by atomic mass is 16.5. The Hall–Kier alpha value is -2.12. The predicted molar refractivity (Wildman–Crippen MR) is 91.0 cm³/mol. The van der Waals surface area contributed by atoms with Gasteiger partial charge in [0.05, 0.1) is 12.2 Å². The maximum atomic E-state index is 6.15. The van der Waals surface area contributed by atoms with Crippen molar-refractivity contribution >= 4 is 12.2 Å². The van der Waals surface area contributed by atoms with Gasteiger partial charge in [0.2, 0.25) is 0 Å². The van der Waals surface area contributed by atoms with Crippen LogP contribution >= 0.6 is 0 Å². The SMILES string of the molecule is C=Cc1cccc(C(C)OC(C)c2cccc(C=C)c2)c1. The van der Waals surface area contributed by atoms with Crippen molar-refractivity contribution in [2.75, 3.05) is 0 Å². The van der Waals surface area contributed by atoms with E-state index in [2.05, 4.69) is 51.3 Å².